The van der Waals surface area contributed by atoms with Crippen LogP contribution < -0.4 is 10.6 Å². The number of aryl methyl sites for hydroxylation is 2. The molecule has 0 saturated heterocycles. The number of rotatable bonds is 7. The molecule has 0 fully saturated rings. The first-order valence-corrected chi connectivity index (χ1v) is 8.65. The lowest BCUT2D eigenvalue weighted by atomic mass is 10.1. The molecular formula is C19H22N6O2. The summed E-state index contributed by atoms with van der Waals surface area (Å²) in [4.78, 5) is 21.0. The van der Waals surface area contributed by atoms with Crippen molar-refractivity contribution in [3.63, 3.8) is 0 Å². The normalized spacial score (nSPS) is 10.6. The van der Waals surface area contributed by atoms with Crippen molar-refractivity contribution in [2.24, 2.45) is 7.05 Å². The van der Waals surface area contributed by atoms with E-state index >= 15 is 0 Å². The molecule has 3 aromatic rings. The van der Waals surface area contributed by atoms with Crippen molar-refractivity contribution in [1.82, 2.24) is 25.1 Å². The molecule has 2 aromatic heterocycles. The second kappa shape index (κ2) is 8.41. The minimum absolute atomic E-state index is 0.0572. The van der Waals surface area contributed by atoms with E-state index in [9.17, 15) is 4.79 Å². The van der Waals surface area contributed by atoms with Gasteiger partial charge in [0, 0.05) is 43.7 Å². The number of amides is 1. The monoisotopic (exact) mass is 366 g/mol. The molecule has 0 spiro atoms. The summed E-state index contributed by atoms with van der Waals surface area (Å²) in [7, 11) is 1.84. The predicted octanol–water partition coefficient (Wildman–Crippen LogP) is 2.04. The van der Waals surface area contributed by atoms with Gasteiger partial charge < -0.3 is 15.7 Å². The Labute approximate surface area is 157 Å². The van der Waals surface area contributed by atoms with E-state index in [4.69, 9.17) is 5.11 Å². The van der Waals surface area contributed by atoms with Gasteiger partial charge in [-0.25, -0.2) is 9.97 Å². The first kappa shape index (κ1) is 18.5. The van der Waals surface area contributed by atoms with Crippen molar-refractivity contribution >= 4 is 17.5 Å². The number of nitrogens with zero attached hydrogens (tertiary/aromatic N) is 4. The Morgan fingerprint density at radius 1 is 1.22 bits per heavy atom. The van der Waals surface area contributed by atoms with Crippen LogP contribution >= 0.6 is 0 Å². The lowest BCUT2D eigenvalue weighted by Crippen LogP contribution is -2.24. The van der Waals surface area contributed by atoms with Crippen LogP contribution in [0.3, 0.4) is 0 Å². The number of nitrogens with one attached hydrogen (secondary N) is 2. The van der Waals surface area contributed by atoms with Gasteiger partial charge in [-0.15, -0.1) is 0 Å². The van der Waals surface area contributed by atoms with Crippen molar-refractivity contribution in [3.05, 3.63) is 54.0 Å². The Morgan fingerprint density at radius 2 is 2.00 bits per heavy atom. The number of benzene rings is 1. The Hall–Kier alpha value is -3.26. The van der Waals surface area contributed by atoms with Crippen LogP contribution in [0.5, 0.6) is 0 Å². The highest BCUT2D eigenvalue weighted by molar-refractivity contribution is 5.94. The summed E-state index contributed by atoms with van der Waals surface area (Å²) in [5.41, 5.74) is 4.01. The minimum Gasteiger partial charge on any atom is -0.396 e. The number of aliphatic hydroxyl groups excluding tert-OH is 1. The number of carbonyl (C=O) groups is 1. The van der Waals surface area contributed by atoms with E-state index in [2.05, 4.69) is 25.7 Å². The summed E-state index contributed by atoms with van der Waals surface area (Å²) in [6, 6.07) is 7.26. The van der Waals surface area contributed by atoms with E-state index < -0.39 is 0 Å². The number of carbonyl (C=O) groups excluding carboxylic acids is 1. The first-order chi connectivity index (χ1) is 13.1. The van der Waals surface area contributed by atoms with E-state index in [0.717, 1.165) is 22.5 Å². The zero-order valence-corrected chi connectivity index (χ0v) is 15.3. The summed E-state index contributed by atoms with van der Waals surface area (Å²) < 4.78 is 1.70. The maximum absolute atomic E-state index is 12.1. The number of aliphatic hydroxyl groups is 1. The lowest BCUT2D eigenvalue weighted by Gasteiger charge is -2.09. The molecule has 0 atom stereocenters. The Balaban J connectivity index is 1.77. The minimum atomic E-state index is -0.159. The van der Waals surface area contributed by atoms with Crippen molar-refractivity contribution in [2.75, 3.05) is 18.5 Å². The van der Waals surface area contributed by atoms with Gasteiger partial charge in [-0.3, -0.25) is 9.48 Å². The average molecular weight is 366 g/mol. The summed E-state index contributed by atoms with van der Waals surface area (Å²) >= 11 is 0. The quantitative estimate of drug-likeness (QED) is 0.553. The zero-order valence-electron chi connectivity index (χ0n) is 15.3. The van der Waals surface area contributed by atoms with E-state index in [1.807, 2.05) is 32.3 Å². The van der Waals surface area contributed by atoms with Crippen LogP contribution in [0.1, 0.15) is 22.3 Å². The highest BCUT2D eigenvalue weighted by atomic mass is 16.3. The Kier molecular flexibility index (Phi) is 5.77. The number of hydrogen-bond acceptors (Lipinski definition) is 6. The molecule has 1 aromatic carbocycles. The largest absolute Gasteiger partial charge is 0.396 e. The highest BCUT2D eigenvalue weighted by Crippen LogP contribution is 2.23. The van der Waals surface area contributed by atoms with Gasteiger partial charge in [0.15, 0.2) is 0 Å². The van der Waals surface area contributed by atoms with Gasteiger partial charge in [0.1, 0.15) is 0 Å². The fourth-order valence-corrected chi connectivity index (χ4v) is 2.57. The van der Waals surface area contributed by atoms with Crippen molar-refractivity contribution in [1.29, 1.82) is 0 Å². The van der Waals surface area contributed by atoms with Crippen molar-refractivity contribution in [2.45, 2.75) is 13.3 Å². The molecule has 3 rings (SSSR count). The predicted molar refractivity (Wildman–Crippen MR) is 103 cm³/mol. The number of hydrogen-bond donors (Lipinski definition) is 3. The van der Waals surface area contributed by atoms with E-state index in [1.165, 1.54) is 0 Å². The van der Waals surface area contributed by atoms with Gasteiger partial charge in [0.05, 0.1) is 17.6 Å². The smallest absolute Gasteiger partial charge is 0.251 e. The standard InChI is InChI=1S/C19H22N6O2/c1-13-10-21-19(23-16-11-22-25(2)12-16)24-17(13)14-4-6-15(7-5-14)18(27)20-8-3-9-26/h4-7,10-12,26H,3,8-9H2,1-2H3,(H,20,27)(H,21,23,24). The van der Waals surface area contributed by atoms with Crippen molar-refractivity contribution < 1.29 is 9.90 Å². The van der Waals surface area contributed by atoms with Gasteiger partial charge in [-0.1, -0.05) is 12.1 Å². The molecule has 0 radical (unpaired) electrons. The summed E-state index contributed by atoms with van der Waals surface area (Å²) in [6.07, 6.45) is 5.84. The Bertz CT molecular complexity index is 920. The third-order valence-corrected chi connectivity index (χ3v) is 3.97. The molecule has 1 amide bonds. The van der Waals surface area contributed by atoms with Crippen LogP contribution in [0.15, 0.2) is 42.9 Å². The second-order valence-electron chi connectivity index (χ2n) is 6.16. The molecule has 8 heteroatoms. The lowest BCUT2D eigenvalue weighted by molar-refractivity contribution is 0.0951. The summed E-state index contributed by atoms with van der Waals surface area (Å²) in [5, 5.41) is 18.8. The molecule has 2 heterocycles. The van der Waals surface area contributed by atoms with Crippen LogP contribution in [0.2, 0.25) is 0 Å². The van der Waals surface area contributed by atoms with Crippen LogP contribution in [0.4, 0.5) is 11.6 Å². The van der Waals surface area contributed by atoms with Crippen LogP contribution in [-0.2, 0) is 7.05 Å². The topological polar surface area (TPSA) is 105 Å². The zero-order chi connectivity index (χ0) is 19.2. The molecule has 140 valence electrons. The molecule has 0 aliphatic rings. The maximum atomic E-state index is 12.1. The molecule has 0 aliphatic heterocycles. The molecule has 8 nitrogen and oxygen atoms in total. The van der Waals surface area contributed by atoms with Gasteiger partial charge in [-0.05, 0) is 31.0 Å². The molecule has 3 N–H and O–H groups in total. The van der Waals surface area contributed by atoms with Gasteiger partial charge in [-0.2, -0.15) is 5.10 Å². The highest BCUT2D eigenvalue weighted by Gasteiger charge is 2.10. The summed E-state index contributed by atoms with van der Waals surface area (Å²) in [6.45, 7) is 2.45. The average Bonchev–Trinajstić information content (AvgIpc) is 3.08. The molecule has 0 bridgehead atoms. The van der Waals surface area contributed by atoms with E-state index in [1.54, 1.807) is 29.2 Å². The maximum Gasteiger partial charge on any atom is 0.251 e. The molecule has 0 unspecified atom stereocenters. The van der Waals surface area contributed by atoms with E-state index in [-0.39, 0.29) is 12.5 Å². The van der Waals surface area contributed by atoms with Gasteiger partial charge >= 0.3 is 0 Å². The van der Waals surface area contributed by atoms with Gasteiger partial charge in [0.2, 0.25) is 5.95 Å². The van der Waals surface area contributed by atoms with Crippen LogP contribution in [0, 0.1) is 6.92 Å². The third kappa shape index (κ3) is 4.68. The molecule has 0 saturated carbocycles. The number of anilines is 2. The first-order valence-electron chi connectivity index (χ1n) is 8.65. The van der Waals surface area contributed by atoms with Gasteiger partial charge in [0.25, 0.3) is 5.91 Å². The molecule has 0 aliphatic carbocycles. The van der Waals surface area contributed by atoms with Crippen molar-refractivity contribution in [3.8, 4) is 11.3 Å². The summed E-state index contributed by atoms with van der Waals surface area (Å²) in [5.74, 6) is 0.322. The SMILES string of the molecule is Cc1cnc(Nc2cnn(C)c2)nc1-c1ccc(C(=O)NCCCO)cc1. The fourth-order valence-electron chi connectivity index (χ4n) is 2.57. The van der Waals surface area contributed by atoms with E-state index in [0.29, 0.717) is 24.5 Å². The van der Waals surface area contributed by atoms with Crippen LogP contribution in [-0.4, -0.2) is 43.9 Å². The fraction of sp³-hybridized carbons (Fsp3) is 0.263. The third-order valence-electron chi connectivity index (χ3n) is 3.97. The molecular weight excluding hydrogens is 344 g/mol. The second-order valence-corrected chi connectivity index (χ2v) is 6.16. The van der Waals surface area contributed by atoms with Crippen LogP contribution in [0.25, 0.3) is 11.3 Å². The molecule has 27 heavy (non-hydrogen) atoms. The number of aromatic nitrogens is 4. The Morgan fingerprint density at radius 3 is 2.67 bits per heavy atom.